The normalized spacial score (nSPS) is 15.9. The van der Waals surface area contributed by atoms with Gasteiger partial charge in [0, 0.05) is 30.5 Å². The highest BCUT2D eigenvalue weighted by molar-refractivity contribution is 7.89. The zero-order valence-electron chi connectivity index (χ0n) is 14.5. The zero-order valence-corrected chi connectivity index (χ0v) is 15.3. The van der Waals surface area contributed by atoms with Crippen LogP contribution in [0.4, 0.5) is 0 Å². The van der Waals surface area contributed by atoms with Crippen molar-refractivity contribution in [2.24, 2.45) is 0 Å². The van der Waals surface area contributed by atoms with E-state index in [0.29, 0.717) is 18.6 Å². The van der Waals surface area contributed by atoms with Gasteiger partial charge < -0.3 is 10.1 Å². The molecule has 0 saturated heterocycles. The first-order valence-corrected chi connectivity index (χ1v) is 9.99. The van der Waals surface area contributed by atoms with Crippen molar-refractivity contribution in [1.29, 1.82) is 5.26 Å². The maximum absolute atomic E-state index is 12.5. The molecule has 2 aromatic rings. The zero-order chi connectivity index (χ0) is 19.3. The molecule has 0 bridgehead atoms. The number of carbonyl (C=O) groups is 1. The lowest BCUT2D eigenvalue weighted by Crippen LogP contribution is -2.32. The molecule has 0 saturated carbocycles. The number of sulfonamides is 1. The molecular formula is C19H19N3O4S. The van der Waals surface area contributed by atoms with Gasteiger partial charge in [0.15, 0.2) is 0 Å². The third kappa shape index (κ3) is 4.45. The molecule has 27 heavy (non-hydrogen) atoms. The number of amides is 1. The fourth-order valence-electron chi connectivity index (χ4n) is 2.84. The fourth-order valence-corrected chi connectivity index (χ4v) is 3.88. The lowest BCUT2D eigenvalue weighted by molar-refractivity contribution is 0.0924. The highest BCUT2D eigenvalue weighted by Gasteiger charge is 2.23. The van der Waals surface area contributed by atoms with Gasteiger partial charge in [0.25, 0.3) is 5.91 Å². The topological polar surface area (TPSA) is 108 Å². The molecule has 2 aromatic carbocycles. The van der Waals surface area contributed by atoms with Gasteiger partial charge in [-0.2, -0.15) is 5.26 Å². The summed E-state index contributed by atoms with van der Waals surface area (Å²) in [4.78, 5) is 12.6. The third-order valence-corrected chi connectivity index (χ3v) is 5.70. The van der Waals surface area contributed by atoms with Crippen molar-refractivity contribution in [3.05, 3.63) is 59.7 Å². The Morgan fingerprint density at radius 1 is 1.19 bits per heavy atom. The van der Waals surface area contributed by atoms with Crippen molar-refractivity contribution in [2.45, 2.75) is 23.8 Å². The average Bonchev–Trinajstić information content (AvgIpc) is 2.68. The molecule has 7 nitrogen and oxygen atoms in total. The summed E-state index contributed by atoms with van der Waals surface area (Å²) in [6, 6.07) is 15.0. The van der Waals surface area contributed by atoms with E-state index in [4.69, 9.17) is 10.00 Å². The number of nitriles is 1. The standard InChI is InChI=1S/C19H19N3O4S/c20-11-3-12-21-27(24,25)15-8-6-14(7-9-15)19(23)22-17-10-13-26-18-5-2-1-4-16(17)18/h1-2,4-9,17,21H,3,10,12-13H2,(H,22,23)/t17-/m1/s1. The van der Waals surface area contributed by atoms with E-state index in [0.717, 1.165) is 11.3 Å². The Morgan fingerprint density at radius 3 is 2.67 bits per heavy atom. The number of fused-ring (bicyclic) bond motifs is 1. The summed E-state index contributed by atoms with van der Waals surface area (Å²) < 4.78 is 32.1. The first kappa shape index (κ1) is 18.9. The van der Waals surface area contributed by atoms with Gasteiger partial charge in [-0.3, -0.25) is 4.79 Å². The maximum Gasteiger partial charge on any atom is 0.251 e. The van der Waals surface area contributed by atoms with Crippen LogP contribution in [-0.4, -0.2) is 27.5 Å². The molecule has 1 aliphatic rings. The SMILES string of the molecule is N#CCCNS(=O)(=O)c1ccc(C(=O)N[C@@H]2CCOc3ccccc32)cc1. The summed E-state index contributed by atoms with van der Waals surface area (Å²) in [6.07, 6.45) is 0.754. The molecule has 1 aliphatic heterocycles. The van der Waals surface area contributed by atoms with Gasteiger partial charge in [-0.05, 0) is 30.3 Å². The number of para-hydroxylation sites is 1. The summed E-state index contributed by atoms with van der Waals surface area (Å²) >= 11 is 0. The number of rotatable bonds is 6. The van der Waals surface area contributed by atoms with Crippen LogP contribution in [0.1, 0.15) is 34.8 Å². The van der Waals surface area contributed by atoms with E-state index in [-0.39, 0.29) is 29.8 Å². The fraction of sp³-hybridized carbons (Fsp3) is 0.263. The number of nitrogens with zero attached hydrogens (tertiary/aromatic N) is 1. The Morgan fingerprint density at radius 2 is 1.93 bits per heavy atom. The lowest BCUT2D eigenvalue weighted by Gasteiger charge is -2.26. The van der Waals surface area contributed by atoms with Gasteiger partial charge in [-0.15, -0.1) is 0 Å². The molecule has 1 atom stereocenters. The molecule has 0 aliphatic carbocycles. The van der Waals surface area contributed by atoms with Crippen LogP contribution in [0.25, 0.3) is 0 Å². The van der Waals surface area contributed by atoms with E-state index in [1.165, 1.54) is 24.3 Å². The van der Waals surface area contributed by atoms with E-state index >= 15 is 0 Å². The van der Waals surface area contributed by atoms with Crippen LogP contribution < -0.4 is 14.8 Å². The Labute approximate surface area is 158 Å². The lowest BCUT2D eigenvalue weighted by atomic mass is 10.00. The molecule has 140 valence electrons. The largest absolute Gasteiger partial charge is 0.493 e. The van der Waals surface area contributed by atoms with E-state index in [2.05, 4.69) is 10.0 Å². The quantitative estimate of drug-likeness (QED) is 0.741. The average molecular weight is 385 g/mol. The van der Waals surface area contributed by atoms with Gasteiger partial charge in [0.1, 0.15) is 5.75 Å². The van der Waals surface area contributed by atoms with Crippen LogP contribution in [-0.2, 0) is 10.0 Å². The summed E-state index contributed by atoms with van der Waals surface area (Å²) in [7, 11) is -3.69. The molecule has 0 spiro atoms. The predicted molar refractivity (Wildman–Crippen MR) is 98.6 cm³/mol. The highest BCUT2D eigenvalue weighted by atomic mass is 32.2. The molecular weight excluding hydrogens is 366 g/mol. The second-order valence-electron chi connectivity index (χ2n) is 6.03. The maximum atomic E-state index is 12.5. The number of hydrogen-bond acceptors (Lipinski definition) is 5. The molecule has 0 aromatic heterocycles. The van der Waals surface area contributed by atoms with E-state index < -0.39 is 10.0 Å². The van der Waals surface area contributed by atoms with Crippen LogP contribution in [0.5, 0.6) is 5.75 Å². The number of ether oxygens (including phenoxy) is 1. The van der Waals surface area contributed by atoms with Crippen LogP contribution >= 0.6 is 0 Å². The van der Waals surface area contributed by atoms with Crippen LogP contribution in [0, 0.1) is 11.3 Å². The molecule has 3 rings (SSSR count). The second-order valence-corrected chi connectivity index (χ2v) is 7.80. The van der Waals surface area contributed by atoms with Crippen molar-refractivity contribution in [3.8, 4) is 11.8 Å². The molecule has 8 heteroatoms. The number of nitrogens with one attached hydrogen (secondary N) is 2. The summed E-state index contributed by atoms with van der Waals surface area (Å²) in [5.74, 6) is 0.483. The summed E-state index contributed by atoms with van der Waals surface area (Å²) in [5.41, 5.74) is 1.30. The third-order valence-electron chi connectivity index (χ3n) is 4.22. The van der Waals surface area contributed by atoms with Gasteiger partial charge in [0.05, 0.1) is 23.6 Å². The van der Waals surface area contributed by atoms with E-state index in [1.807, 2.05) is 30.3 Å². The molecule has 1 heterocycles. The van der Waals surface area contributed by atoms with Gasteiger partial charge >= 0.3 is 0 Å². The molecule has 1 amide bonds. The Hall–Kier alpha value is -2.89. The number of benzene rings is 2. The Kier molecular flexibility index (Phi) is 5.74. The minimum Gasteiger partial charge on any atom is -0.493 e. The number of carbonyl (C=O) groups excluding carboxylic acids is 1. The molecule has 0 unspecified atom stereocenters. The van der Waals surface area contributed by atoms with Crippen molar-refractivity contribution in [1.82, 2.24) is 10.0 Å². The van der Waals surface area contributed by atoms with E-state index in [9.17, 15) is 13.2 Å². The second kappa shape index (κ2) is 8.20. The first-order chi connectivity index (χ1) is 13.0. The highest BCUT2D eigenvalue weighted by Crippen LogP contribution is 2.31. The summed E-state index contributed by atoms with van der Waals surface area (Å²) in [5, 5.41) is 11.5. The van der Waals surface area contributed by atoms with Gasteiger partial charge in [-0.1, -0.05) is 18.2 Å². The van der Waals surface area contributed by atoms with Gasteiger partial charge in [-0.25, -0.2) is 13.1 Å². The van der Waals surface area contributed by atoms with Gasteiger partial charge in [0.2, 0.25) is 10.0 Å². The Bertz CT molecular complexity index is 965. The van der Waals surface area contributed by atoms with Crippen molar-refractivity contribution in [3.63, 3.8) is 0 Å². The van der Waals surface area contributed by atoms with Crippen molar-refractivity contribution >= 4 is 15.9 Å². The monoisotopic (exact) mass is 385 g/mol. The number of hydrogen-bond donors (Lipinski definition) is 2. The molecule has 2 N–H and O–H groups in total. The van der Waals surface area contributed by atoms with Crippen LogP contribution in [0.3, 0.4) is 0 Å². The summed E-state index contributed by atoms with van der Waals surface area (Å²) in [6.45, 7) is 0.567. The van der Waals surface area contributed by atoms with Crippen molar-refractivity contribution < 1.29 is 17.9 Å². The first-order valence-electron chi connectivity index (χ1n) is 8.50. The molecule has 0 radical (unpaired) electrons. The van der Waals surface area contributed by atoms with E-state index in [1.54, 1.807) is 0 Å². The minimum absolute atomic E-state index is 0.0459. The molecule has 0 fully saturated rings. The Balaban J connectivity index is 1.69. The van der Waals surface area contributed by atoms with Crippen LogP contribution in [0.15, 0.2) is 53.4 Å². The minimum atomic E-state index is -3.69. The van der Waals surface area contributed by atoms with Crippen LogP contribution in [0.2, 0.25) is 0 Å². The predicted octanol–water partition coefficient (Wildman–Crippen LogP) is 2.13. The smallest absolute Gasteiger partial charge is 0.251 e. The van der Waals surface area contributed by atoms with Crippen molar-refractivity contribution in [2.75, 3.05) is 13.2 Å².